The van der Waals surface area contributed by atoms with Crippen LogP contribution in [-0.2, 0) is 10.5 Å². The van der Waals surface area contributed by atoms with E-state index in [1.54, 1.807) is 0 Å². The summed E-state index contributed by atoms with van der Waals surface area (Å²) in [6.07, 6.45) is 20.3. The molecule has 0 saturated carbocycles. The highest BCUT2D eigenvalue weighted by Crippen LogP contribution is 2.38. The maximum absolute atomic E-state index is 6.66. The minimum absolute atomic E-state index is 0.285. The van der Waals surface area contributed by atoms with Gasteiger partial charge in [0, 0.05) is 18.3 Å². The summed E-state index contributed by atoms with van der Waals surface area (Å²) in [7, 11) is 0. The average molecular weight is 288 g/mol. The molecule has 0 aromatic carbocycles. The van der Waals surface area contributed by atoms with Crippen molar-refractivity contribution in [3.05, 3.63) is 43.0 Å². The Kier molecular flexibility index (Phi) is 5.80. The topological polar surface area (TPSA) is 27.1 Å². The van der Waals surface area contributed by atoms with Crippen molar-refractivity contribution in [1.82, 2.24) is 9.55 Å². The maximum atomic E-state index is 6.66. The van der Waals surface area contributed by atoms with Gasteiger partial charge in [-0.05, 0) is 25.3 Å². The van der Waals surface area contributed by atoms with Gasteiger partial charge >= 0.3 is 0 Å². The Hall–Kier alpha value is -1.35. The van der Waals surface area contributed by atoms with Crippen LogP contribution in [0.1, 0.15) is 52.9 Å². The van der Waals surface area contributed by atoms with Crippen LogP contribution in [0.2, 0.25) is 0 Å². The Morgan fingerprint density at radius 3 is 2.71 bits per heavy atom. The SMILES string of the molecule is CCCC(CC)OC1(n2ccnc2)C=CC=CC1CCC. The standard InChI is InChI=1S/C18H28N2O/c1-4-9-16-11-7-8-12-18(16,20-14-13-19-15-20)21-17(6-3)10-5-2/h7-8,11-17H,4-6,9-10H2,1-3H3. The molecular weight excluding hydrogens is 260 g/mol. The summed E-state index contributed by atoms with van der Waals surface area (Å²) in [5.74, 6) is 0.354. The van der Waals surface area contributed by atoms with Crippen LogP contribution in [-0.4, -0.2) is 15.7 Å². The third kappa shape index (κ3) is 3.46. The second-order valence-corrected chi connectivity index (χ2v) is 5.80. The molecule has 0 radical (unpaired) electrons. The van der Waals surface area contributed by atoms with Crippen molar-refractivity contribution in [2.24, 2.45) is 5.92 Å². The van der Waals surface area contributed by atoms with Crippen LogP contribution in [0.4, 0.5) is 0 Å². The van der Waals surface area contributed by atoms with E-state index in [4.69, 9.17) is 4.74 Å². The highest BCUT2D eigenvalue weighted by molar-refractivity contribution is 5.20. The third-order valence-electron chi connectivity index (χ3n) is 4.25. The monoisotopic (exact) mass is 288 g/mol. The molecule has 1 aromatic heterocycles. The minimum atomic E-state index is -0.420. The highest BCUT2D eigenvalue weighted by Gasteiger charge is 2.40. The molecule has 0 amide bonds. The first-order valence-corrected chi connectivity index (χ1v) is 8.29. The smallest absolute Gasteiger partial charge is 0.171 e. The van der Waals surface area contributed by atoms with Crippen molar-refractivity contribution >= 4 is 0 Å². The van der Waals surface area contributed by atoms with Gasteiger partial charge in [-0.25, -0.2) is 4.98 Å². The summed E-state index contributed by atoms with van der Waals surface area (Å²) >= 11 is 0. The van der Waals surface area contributed by atoms with Crippen LogP contribution < -0.4 is 0 Å². The first-order valence-electron chi connectivity index (χ1n) is 8.29. The van der Waals surface area contributed by atoms with Crippen molar-refractivity contribution in [3.63, 3.8) is 0 Å². The van der Waals surface area contributed by atoms with Gasteiger partial charge in [0.1, 0.15) is 0 Å². The molecular formula is C18H28N2O. The molecule has 0 N–H and O–H groups in total. The number of hydrogen-bond donors (Lipinski definition) is 0. The van der Waals surface area contributed by atoms with Gasteiger partial charge < -0.3 is 9.30 Å². The van der Waals surface area contributed by atoms with Gasteiger partial charge in [0.2, 0.25) is 0 Å². The minimum Gasteiger partial charge on any atom is -0.348 e. The van der Waals surface area contributed by atoms with E-state index in [2.05, 4.69) is 54.6 Å². The zero-order valence-corrected chi connectivity index (χ0v) is 13.5. The molecule has 2 rings (SSSR count). The second-order valence-electron chi connectivity index (χ2n) is 5.80. The zero-order chi connectivity index (χ0) is 15.1. The van der Waals surface area contributed by atoms with E-state index < -0.39 is 5.72 Å². The van der Waals surface area contributed by atoms with E-state index in [1.165, 1.54) is 0 Å². The van der Waals surface area contributed by atoms with Gasteiger partial charge in [-0.3, -0.25) is 0 Å². The van der Waals surface area contributed by atoms with Crippen molar-refractivity contribution in [1.29, 1.82) is 0 Å². The lowest BCUT2D eigenvalue weighted by Gasteiger charge is -2.42. The van der Waals surface area contributed by atoms with Crippen molar-refractivity contribution in [3.8, 4) is 0 Å². The number of hydrogen-bond acceptors (Lipinski definition) is 2. The van der Waals surface area contributed by atoms with Crippen LogP contribution in [0, 0.1) is 5.92 Å². The number of allylic oxidation sites excluding steroid dienone is 2. The summed E-state index contributed by atoms with van der Waals surface area (Å²) in [6.45, 7) is 6.66. The van der Waals surface area contributed by atoms with Crippen LogP contribution >= 0.6 is 0 Å². The Morgan fingerprint density at radius 2 is 2.10 bits per heavy atom. The average Bonchev–Trinajstić information content (AvgIpc) is 3.04. The van der Waals surface area contributed by atoms with E-state index >= 15 is 0 Å². The van der Waals surface area contributed by atoms with Crippen LogP contribution in [0.3, 0.4) is 0 Å². The Balaban J connectivity index is 2.34. The van der Waals surface area contributed by atoms with E-state index in [0.29, 0.717) is 5.92 Å². The normalized spacial score (nSPS) is 26.1. The fourth-order valence-corrected chi connectivity index (χ4v) is 3.13. The Labute approximate surface area is 128 Å². The molecule has 0 spiro atoms. The fourth-order valence-electron chi connectivity index (χ4n) is 3.13. The number of rotatable bonds is 8. The predicted octanol–water partition coefficient (Wildman–Crippen LogP) is 4.67. The van der Waals surface area contributed by atoms with Crippen molar-refractivity contribution in [2.75, 3.05) is 0 Å². The highest BCUT2D eigenvalue weighted by atomic mass is 16.5. The largest absolute Gasteiger partial charge is 0.348 e. The lowest BCUT2D eigenvalue weighted by atomic mass is 9.86. The van der Waals surface area contributed by atoms with Gasteiger partial charge in [0.05, 0.1) is 12.4 Å². The molecule has 0 fully saturated rings. The summed E-state index contributed by atoms with van der Waals surface area (Å²) in [4.78, 5) is 4.24. The summed E-state index contributed by atoms with van der Waals surface area (Å²) < 4.78 is 8.79. The molecule has 3 unspecified atom stereocenters. The second kappa shape index (κ2) is 7.60. The van der Waals surface area contributed by atoms with Gasteiger partial charge in [-0.2, -0.15) is 0 Å². The lowest BCUT2D eigenvalue weighted by molar-refractivity contribution is -0.145. The number of aromatic nitrogens is 2. The molecule has 3 nitrogen and oxygen atoms in total. The van der Waals surface area contributed by atoms with E-state index in [9.17, 15) is 0 Å². The van der Waals surface area contributed by atoms with Gasteiger partial charge in [0.15, 0.2) is 5.72 Å². The molecule has 21 heavy (non-hydrogen) atoms. The molecule has 1 heterocycles. The van der Waals surface area contributed by atoms with Gasteiger partial charge in [0.25, 0.3) is 0 Å². The van der Waals surface area contributed by atoms with E-state index in [-0.39, 0.29) is 6.10 Å². The predicted molar refractivity (Wildman–Crippen MR) is 87.0 cm³/mol. The summed E-state index contributed by atoms with van der Waals surface area (Å²) in [6, 6.07) is 0. The zero-order valence-electron chi connectivity index (χ0n) is 13.5. The fraction of sp³-hybridized carbons (Fsp3) is 0.611. The molecule has 0 saturated heterocycles. The Morgan fingerprint density at radius 1 is 1.24 bits per heavy atom. The summed E-state index contributed by atoms with van der Waals surface area (Å²) in [5.41, 5.74) is -0.420. The molecule has 0 aliphatic heterocycles. The van der Waals surface area contributed by atoms with Crippen LogP contribution in [0.25, 0.3) is 0 Å². The number of ether oxygens (including phenoxy) is 1. The third-order valence-corrected chi connectivity index (χ3v) is 4.25. The number of nitrogens with zero attached hydrogens (tertiary/aromatic N) is 2. The molecule has 3 heteroatoms. The van der Waals surface area contributed by atoms with Crippen LogP contribution in [0.15, 0.2) is 43.0 Å². The molecule has 116 valence electrons. The molecule has 3 atom stereocenters. The van der Waals surface area contributed by atoms with Crippen LogP contribution in [0.5, 0.6) is 0 Å². The summed E-state index contributed by atoms with van der Waals surface area (Å²) in [5, 5.41) is 0. The van der Waals surface area contributed by atoms with Crippen molar-refractivity contribution in [2.45, 2.75) is 64.7 Å². The Bertz CT molecular complexity index is 464. The molecule has 1 aliphatic rings. The molecule has 1 aromatic rings. The van der Waals surface area contributed by atoms with Crippen molar-refractivity contribution < 1.29 is 4.74 Å². The van der Waals surface area contributed by atoms with E-state index in [0.717, 1.165) is 32.1 Å². The van der Waals surface area contributed by atoms with Gasteiger partial charge in [-0.1, -0.05) is 51.8 Å². The molecule has 0 bridgehead atoms. The molecule has 1 aliphatic carbocycles. The number of imidazole rings is 1. The first kappa shape index (κ1) is 16.0. The lowest BCUT2D eigenvalue weighted by Crippen LogP contribution is -2.44. The van der Waals surface area contributed by atoms with Gasteiger partial charge in [-0.15, -0.1) is 0 Å². The van der Waals surface area contributed by atoms with E-state index in [1.807, 2.05) is 18.7 Å². The quantitative estimate of drug-likeness (QED) is 0.695. The maximum Gasteiger partial charge on any atom is 0.171 e. The first-order chi connectivity index (χ1) is 10.3.